The average molecular weight is 235 g/mol. The van der Waals surface area contributed by atoms with Gasteiger partial charge in [0.05, 0.1) is 19.3 Å². The van der Waals surface area contributed by atoms with E-state index in [1.807, 2.05) is 18.2 Å². The van der Waals surface area contributed by atoms with E-state index in [1.54, 1.807) is 6.07 Å². The van der Waals surface area contributed by atoms with Crippen LogP contribution in [0.25, 0.3) is 0 Å². The molecule has 1 saturated heterocycles. The summed E-state index contributed by atoms with van der Waals surface area (Å²) in [5, 5.41) is 3.32. The zero-order valence-corrected chi connectivity index (χ0v) is 9.94. The maximum Gasteiger partial charge on any atom is 0.337 e. The first-order chi connectivity index (χ1) is 8.29. The Kier molecular flexibility index (Phi) is 3.98. The number of anilines is 1. The first-order valence-corrected chi connectivity index (χ1v) is 5.79. The van der Waals surface area contributed by atoms with Crippen LogP contribution in [-0.4, -0.2) is 32.8 Å². The fourth-order valence-electron chi connectivity index (χ4n) is 1.88. The molecule has 1 N–H and O–H groups in total. The number of benzene rings is 1. The molecule has 1 atom stereocenters. The molecule has 1 aromatic carbocycles. The average Bonchev–Trinajstić information content (AvgIpc) is 2.89. The van der Waals surface area contributed by atoms with Crippen molar-refractivity contribution < 1.29 is 14.3 Å². The quantitative estimate of drug-likeness (QED) is 0.810. The van der Waals surface area contributed by atoms with E-state index in [0.29, 0.717) is 11.5 Å². The Hall–Kier alpha value is -1.55. The molecule has 4 heteroatoms. The van der Waals surface area contributed by atoms with E-state index in [0.717, 1.165) is 31.9 Å². The number of hydrogen-bond donors (Lipinski definition) is 1. The molecule has 1 aromatic rings. The van der Waals surface area contributed by atoms with Gasteiger partial charge in [-0.15, -0.1) is 0 Å². The molecule has 0 saturated carbocycles. The predicted octanol–water partition coefficient (Wildman–Crippen LogP) is 1.92. The molecule has 0 aliphatic carbocycles. The molecule has 1 fully saturated rings. The molecule has 1 heterocycles. The summed E-state index contributed by atoms with van der Waals surface area (Å²) < 4.78 is 9.99. The second kappa shape index (κ2) is 5.68. The lowest BCUT2D eigenvalue weighted by molar-refractivity contribution is 0.0601. The largest absolute Gasteiger partial charge is 0.465 e. The molecule has 0 bridgehead atoms. The monoisotopic (exact) mass is 235 g/mol. The fraction of sp³-hybridized carbons (Fsp3) is 0.462. The SMILES string of the molecule is COC(=O)c1cccc(NCC2CCOC2)c1. The van der Waals surface area contributed by atoms with E-state index >= 15 is 0 Å². The van der Waals surface area contributed by atoms with Gasteiger partial charge in [-0.25, -0.2) is 4.79 Å². The Balaban J connectivity index is 1.93. The predicted molar refractivity (Wildman–Crippen MR) is 65.2 cm³/mol. The number of nitrogens with one attached hydrogen (secondary N) is 1. The van der Waals surface area contributed by atoms with Crippen LogP contribution in [0.5, 0.6) is 0 Å². The van der Waals surface area contributed by atoms with Crippen LogP contribution < -0.4 is 5.32 Å². The van der Waals surface area contributed by atoms with Crippen molar-refractivity contribution in [1.82, 2.24) is 0 Å². The zero-order valence-electron chi connectivity index (χ0n) is 9.94. The van der Waals surface area contributed by atoms with Crippen molar-refractivity contribution in [1.29, 1.82) is 0 Å². The molecular weight excluding hydrogens is 218 g/mol. The van der Waals surface area contributed by atoms with Crippen molar-refractivity contribution in [3.8, 4) is 0 Å². The standard InChI is InChI=1S/C13H17NO3/c1-16-13(15)11-3-2-4-12(7-11)14-8-10-5-6-17-9-10/h2-4,7,10,14H,5-6,8-9H2,1H3. The molecule has 4 nitrogen and oxygen atoms in total. The number of carbonyl (C=O) groups is 1. The van der Waals surface area contributed by atoms with Gasteiger partial charge in [-0.3, -0.25) is 0 Å². The highest BCUT2D eigenvalue weighted by atomic mass is 16.5. The third kappa shape index (κ3) is 3.20. The minimum Gasteiger partial charge on any atom is -0.465 e. The van der Waals surface area contributed by atoms with Gasteiger partial charge in [0, 0.05) is 24.8 Å². The summed E-state index contributed by atoms with van der Waals surface area (Å²) >= 11 is 0. The lowest BCUT2D eigenvalue weighted by atomic mass is 10.1. The highest BCUT2D eigenvalue weighted by molar-refractivity contribution is 5.90. The maximum atomic E-state index is 11.4. The summed E-state index contributed by atoms with van der Waals surface area (Å²) in [7, 11) is 1.39. The zero-order chi connectivity index (χ0) is 12.1. The van der Waals surface area contributed by atoms with Crippen LogP contribution in [0.15, 0.2) is 24.3 Å². The summed E-state index contributed by atoms with van der Waals surface area (Å²) in [4.78, 5) is 11.4. The van der Waals surface area contributed by atoms with Crippen molar-refractivity contribution >= 4 is 11.7 Å². The molecule has 0 amide bonds. The lowest BCUT2D eigenvalue weighted by Gasteiger charge is -2.11. The lowest BCUT2D eigenvalue weighted by Crippen LogP contribution is -2.14. The Morgan fingerprint density at radius 2 is 2.47 bits per heavy atom. The summed E-state index contributed by atoms with van der Waals surface area (Å²) in [6, 6.07) is 7.35. The number of ether oxygens (including phenoxy) is 2. The molecule has 17 heavy (non-hydrogen) atoms. The Morgan fingerprint density at radius 3 is 3.18 bits per heavy atom. The van der Waals surface area contributed by atoms with E-state index < -0.39 is 0 Å². The molecule has 1 aliphatic heterocycles. The molecule has 1 aliphatic rings. The molecule has 0 spiro atoms. The highest BCUT2D eigenvalue weighted by Gasteiger charge is 2.15. The van der Waals surface area contributed by atoms with Crippen LogP contribution in [0.4, 0.5) is 5.69 Å². The van der Waals surface area contributed by atoms with Crippen LogP contribution >= 0.6 is 0 Å². The van der Waals surface area contributed by atoms with Gasteiger partial charge in [0.15, 0.2) is 0 Å². The minimum absolute atomic E-state index is 0.308. The third-order valence-corrected chi connectivity index (χ3v) is 2.90. The maximum absolute atomic E-state index is 11.4. The van der Waals surface area contributed by atoms with Gasteiger partial charge < -0.3 is 14.8 Å². The fourth-order valence-corrected chi connectivity index (χ4v) is 1.88. The molecular formula is C13H17NO3. The summed E-state index contributed by atoms with van der Waals surface area (Å²) in [6.07, 6.45) is 1.10. The van der Waals surface area contributed by atoms with Crippen LogP contribution in [0.2, 0.25) is 0 Å². The van der Waals surface area contributed by atoms with Crippen LogP contribution in [0.1, 0.15) is 16.8 Å². The smallest absolute Gasteiger partial charge is 0.337 e. The Morgan fingerprint density at radius 1 is 1.59 bits per heavy atom. The van der Waals surface area contributed by atoms with Gasteiger partial charge in [-0.2, -0.15) is 0 Å². The molecule has 92 valence electrons. The number of esters is 1. The number of methoxy groups -OCH3 is 1. The van der Waals surface area contributed by atoms with Crippen molar-refractivity contribution in [3.05, 3.63) is 29.8 Å². The molecule has 0 radical (unpaired) electrons. The van der Waals surface area contributed by atoms with Gasteiger partial charge in [-0.1, -0.05) is 6.07 Å². The topological polar surface area (TPSA) is 47.6 Å². The second-order valence-corrected chi connectivity index (χ2v) is 4.18. The first kappa shape index (κ1) is 11.9. The normalized spacial score (nSPS) is 19.0. The summed E-state index contributed by atoms with van der Waals surface area (Å²) in [6.45, 7) is 2.56. The van der Waals surface area contributed by atoms with E-state index in [1.165, 1.54) is 7.11 Å². The van der Waals surface area contributed by atoms with Crippen molar-refractivity contribution in [3.63, 3.8) is 0 Å². The van der Waals surface area contributed by atoms with Crippen molar-refractivity contribution in [2.24, 2.45) is 5.92 Å². The van der Waals surface area contributed by atoms with Gasteiger partial charge in [0.2, 0.25) is 0 Å². The Bertz CT molecular complexity index is 386. The van der Waals surface area contributed by atoms with Crippen LogP contribution in [-0.2, 0) is 9.47 Å². The molecule has 1 unspecified atom stereocenters. The Labute approximate surface area is 101 Å². The van der Waals surface area contributed by atoms with Gasteiger partial charge >= 0.3 is 5.97 Å². The second-order valence-electron chi connectivity index (χ2n) is 4.18. The minimum atomic E-state index is -0.308. The van der Waals surface area contributed by atoms with Crippen molar-refractivity contribution in [2.75, 3.05) is 32.2 Å². The summed E-state index contributed by atoms with van der Waals surface area (Å²) in [5.41, 5.74) is 1.51. The van der Waals surface area contributed by atoms with E-state index in [9.17, 15) is 4.79 Å². The molecule has 2 rings (SSSR count). The molecule has 0 aromatic heterocycles. The van der Waals surface area contributed by atoms with Gasteiger partial charge in [-0.05, 0) is 24.6 Å². The van der Waals surface area contributed by atoms with Gasteiger partial charge in [0.1, 0.15) is 0 Å². The van der Waals surface area contributed by atoms with Crippen molar-refractivity contribution in [2.45, 2.75) is 6.42 Å². The number of carbonyl (C=O) groups excluding carboxylic acids is 1. The van der Waals surface area contributed by atoms with Crippen LogP contribution in [0.3, 0.4) is 0 Å². The first-order valence-electron chi connectivity index (χ1n) is 5.79. The van der Waals surface area contributed by atoms with E-state index in [4.69, 9.17) is 4.74 Å². The van der Waals surface area contributed by atoms with E-state index in [-0.39, 0.29) is 5.97 Å². The van der Waals surface area contributed by atoms with Gasteiger partial charge in [0.25, 0.3) is 0 Å². The van der Waals surface area contributed by atoms with Crippen LogP contribution in [0, 0.1) is 5.92 Å². The van der Waals surface area contributed by atoms with E-state index in [2.05, 4.69) is 10.1 Å². The number of rotatable bonds is 4. The third-order valence-electron chi connectivity index (χ3n) is 2.90. The summed E-state index contributed by atoms with van der Waals surface area (Å²) in [5.74, 6) is 0.259. The highest BCUT2D eigenvalue weighted by Crippen LogP contribution is 2.15. The number of hydrogen-bond acceptors (Lipinski definition) is 4.